The third-order valence-corrected chi connectivity index (χ3v) is 4.55. The summed E-state index contributed by atoms with van der Waals surface area (Å²) in [7, 11) is 0. The summed E-state index contributed by atoms with van der Waals surface area (Å²) >= 11 is 0. The maximum absolute atomic E-state index is 12.5. The molecule has 138 valence electrons. The molecule has 2 heterocycles. The highest BCUT2D eigenvalue weighted by atomic mass is 16.2. The van der Waals surface area contributed by atoms with Gasteiger partial charge < -0.3 is 5.32 Å². The summed E-state index contributed by atoms with van der Waals surface area (Å²) in [5, 5.41) is 2.82. The van der Waals surface area contributed by atoms with Gasteiger partial charge in [-0.25, -0.2) is 4.90 Å². The van der Waals surface area contributed by atoms with Crippen LogP contribution < -0.4 is 10.2 Å². The molecular weight excluding hydrogens is 354 g/mol. The Morgan fingerprint density at radius 3 is 2.11 bits per heavy atom. The van der Waals surface area contributed by atoms with Crippen LogP contribution in [0.2, 0.25) is 0 Å². The minimum atomic E-state index is -0.332. The number of aromatic nitrogens is 1. The first-order chi connectivity index (χ1) is 13.6. The van der Waals surface area contributed by atoms with Gasteiger partial charge in [-0.15, -0.1) is 0 Å². The minimum Gasteiger partial charge on any atom is -0.350 e. The first-order valence-corrected chi connectivity index (χ1v) is 8.87. The van der Waals surface area contributed by atoms with Crippen molar-refractivity contribution in [3.63, 3.8) is 0 Å². The predicted molar refractivity (Wildman–Crippen MR) is 104 cm³/mol. The van der Waals surface area contributed by atoms with Gasteiger partial charge in [0.2, 0.25) is 5.91 Å². The quantitative estimate of drug-likeness (QED) is 0.700. The number of amides is 3. The van der Waals surface area contributed by atoms with E-state index in [1.165, 1.54) is 0 Å². The van der Waals surface area contributed by atoms with Crippen LogP contribution in [0.3, 0.4) is 0 Å². The second-order valence-electron chi connectivity index (χ2n) is 6.43. The fourth-order valence-corrected chi connectivity index (χ4v) is 3.13. The van der Waals surface area contributed by atoms with E-state index in [0.717, 1.165) is 16.2 Å². The fraction of sp³-hybridized carbons (Fsp3) is 0.0909. The van der Waals surface area contributed by atoms with Gasteiger partial charge in [-0.3, -0.25) is 19.4 Å². The molecule has 0 atom stereocenters. The maximum Gasteiger partial charge on any atom is 0.266 e. The second-order valence-corrected chi connectivity index (χ2v) is 6.43. The van der Waals surface area contributed by atoms with E-state index in [0.29, 0.717) is 23.4 Å². The van der Waals surface area contributed by atoms with E-state index in [2.05, 4.69) is 10.3 Å². The van der Waals surface area contributed by atoms with Crippen LogP contribution in [-0.2, 0) is 17.8 Å². The number of anilines is 1. The Hall–Kier alpha value is -3.80. The zero-order valence-electron chi connectivity index (χ0n) is 15.0. The average molecular weight is 371 g/mol. The van der Waals surface area contributed by atoms with Crippen LogP contribution in [0.1, 0.15) is 32.0 Å². The highest BCUT2D eigenvalue weighted by molar-refractivity contribution is 6.34. The lowest BCUT2D eigenvalue weighted by molar-refractivity contribution is -0.120. The van der Waals surface area contributed by atoms with Crippen LogP contribution in [-0.4, -0.2) is 22.7 Å². The summed E-state index contributed by atoms with van der Waals surface area (Å²) in [4.78, 5) is 42.5. The summed E-state index contributed by atoms with van der Waals surface area (Å²) in [5.41, 5.74) is 2.88. The van der Waals surface area contributed by atoms with Gasteiger partial charge >= 0.3 is 0 Å². The van der Waals surface area contributed by atoms with Gasteiger partial charge in [0.25, 0.3) is 11.8 Å². The Labute approximate surface area is 161 Å². The molecule has 1 N–H and O–H groups in total. The lowest BCUT2D eigenvalue weighted by Gasteiger charge is -2.14. The van der Waals surface area contributed by atoms with Crippen molar-refractivity contribution in [3.8, 4) is 0 Å². The average Bonchev–Trinajstić information content (AvgIpc) is 2.99. The van der Waals surface area contributed by atoms with Gasteiger partial charge in [-0.1, -0.05) is 30.3 Å². The highest BCUT2D eigenvalue weighted by Gasteiger charge is 2.36. The van der Waals surface area contributed by atoms with Crippen LogP contribution in [0.4, 0.5) is 5.69 Å². The third kappa shape index (κ3) is 3.40. The molecule has 3 amide bonds. The van der Waals surface area contributed by atoms with Crippen molar-refractivity contribution >= 4 is 23.4 Å². The molecule has 0 saturated heterocycles. The molecule has 6 heteroatoms. The molecule has 0 spiro atoms. The van der Waals surface area contributed by atoms with Crippen molar-refractivity contribution < 1.29 is 14.4 Å². The van der Waals surface area contributed by atoms with E-state index in [1.807, 2.05) is 18.2 Å². The SMILES string of the molecule is O=C(Cc1ccc(N2C(=O)c3ccccc3C2=O)cc1)NCc1ccccn1. The number of pyridine rings is 1. The van der Waals surface area contributed by atoms with E-state index in [1.54, 1.807) is 54.7 Å². The third-order valence-electron chi connectivity index (χ3n) is 4.55. The minimum absolute atomic E-state index is 0.126. The van der Waals surface area contributed by atoms with Crippen molar-refractivity contribution in [2.24, 2.45) is 0 Å². The van der Waals surface area contributed by atoms with Gasteiger partial charge in [0, 0.05) is 6.20 Å². The van der Waals surface area contributed by atoms with Crippen molar-refractivity contribution in [2.45, 2.75) is 13.0 Å². The first-order valence-electron chi connectivity index (χ1n) is 8.87. The van der Waals surface area contributed by atoms with Crippen LogP contribution in [0, 0.1) is 0 Å². The molecule has 6 nitrogen and oxygen atoms in total. The van der Waals surface area contributed by atoms with E-state index in [9.17, 15) is 14.4 Å². The number of rotatable bonds is 5. The molecule has 2 aromatic carbocycles. The lowest BCUT2D eigenvalue weighted by atomic mass is 10.1. The number of benzene rings is 2. The number of fused-ring (bicyclic) bond motifs is 1. The molecular formula is C22H17N3O3. The largest absolute Gasteiger partial charge is 0.350 e. The number of nitrogens with zero attached hydrogens (tertiary/aromatic N) is 2. The second kappa shape index (κ2) is 7.44. The van der Waals surface area contributed by atoms with E-state index in [4.69, 9.17) is 0 Å². The van der Waals surface area contributed by atoms with Crippen LogP contribution in [0.5, 0.6) is 0 Å². The predicted octanol–water partition coefficient (Wildman–Crippen LogP) is 2.74. The van der Waals surface area contributed by atoms with Crippen molar-refractivity contribution in [3.05, 3.63) is 95.3 Å². The fourth-order valence-electron chi connectivity index (χ4n) is 3.13. The lowest BCUT2D eigenvalue weighted by Crippen LogP contribution is -2.29. The summed E-state index contributed by atoms with van der Waals surface area (Å²) in [6, 6.07) is 19.2. The Balaban J connectivity index is 1.41. The molecule has 0 bridgehead atoms. The molecule has 0 unspecified atom stereocenters. The number of carbonyl (C=O) groups is 3. The molecule has 1 aliphatic heterocycles. The summed E-state index contributed by atoms with van der Waals surface area (Å²) < 4.78 is 0. The zero-order chi connectivity index (χ0) is 19.5. The molecule has 4 rings (SSSR count). The topological polar surface area (TPSA) is 79.4 Å². The highest BCUT2D eigenvalue weighted by Crippen LogP contribution is 2.28. The molecule has 0 aliphatic carbocycles. The van der Waals surface area contributed by atoms with Crippen molar-refractivity contribution in [2.75, 3.05) is 4.90 Å². The Bertz CT molecular complexity index is 1010. The number of imide groups is 1. The van der Waals surface area contributed by atoms with Crippen LogP contribution in [0.15, 0.2) is 72.9 Å². The van der Waals surface area contributed by atoms with Gasteiger partial charge in [-0.2, -0.15) is 0 Å². The Morgan fingerprint density at radius 1 is 0.857 bits per heavy atom. The van der Waals surface area contributed by atoms with Crippen LogP contribution in [0.25, 0.3) is 0 Å². The Morgan fingerprint density at radius 2 is 1.50 bits per heavy atom. The smallest absolute Gasteiger partial charge is 0.266 e. The first kappa shape index (κ1) is 17.6. The normalized spacial score (nSPS) is 12.8. The monoisotopic (exact) mass is 371 g/mol. The van der Waals surface area contributed by atoms with Crippen LogP contribution >= 0.6 is 0 Å². The number of hydrogen-bond donors (Lipinski definition) is 1. The van der Waals surface area contributed by atoms with Crippen molar-refractivity contribution in [1.82, 2.24) is 10.3 Å². The Kier molecular flexibility index (Phi) is 4.68. The van der Waals surface area contributed by atoms with E-state index < -0.39 is 0 Å². The molecule has 0 fully saturated rings. The summed E-state index contributed by atoms with van der Waals surface area (Å²) in [6.45, 7) is 0.368. The molecule has 0 radical (unpaired) electrons. The number of carbonyl (C=O) groups excluding carboxylic acids is 3. The molecule has 1 aliphatic rings. The standard InChI is InChI=1S/C22H17N3O3/c26-20(24-14-16-5-3-4-12-23-16)13-15-8-10-17(11-9-15)25-21(27)18-6-1-2-7-19(18)22(25)28/h1-12H,13-14H2,(H,24,26). The molecule has 1 aromatic heterocycles. The van der Waals surface area contributed by atoms with Gasteiger partial charge in [0.05, 0.1) is 35.5 Å². The molecule has 28 heavy (non-hydrogen) atoms. The number of nitrogens with one attached hydrogen (secondary N) is 1. The van der Waals surface area contributed by atoms with E-state index in [-0.39, 0.29) is 24.1 Å². The maximum atomic E-state index is 12.5. The molecule has 3 aromatic rings. The molecule has 0 saturated carbocycles. The van der Waals surface area contributed by atoms with E-state index >= 15 is 0 Å². The van der Waals surface area contributed by atoms with Crippen molar-refractivity contribution in [1.29, 1.82) is 0 Å². The van der Waals surface area contributed by atoms with Gasteiger partial charge in [-0.05, 0) is 42.0 Å². The number of hydrogen-bond acceptors (Lipinski definition) is 4. The zero-order valence-corrected chi connectivity index (χ0v) is 15.0. The van der Waals surface area contributed by atoms with Gasteiger partial charge in [0.1, 0.15) is 0 Å². The summed E-state index contributed by atoms with van der Waals surface area (Å²) in [6.07, 6.45) is 1.88. The summed E-state index contributed by atoms with van der Waals surface area (Å²) in [5.74, 6) is -0.790. The van der Waals surface area contributed by atoms with Gasteiger partial charge in [0.15, 0.2) is 0 Å².